The molecule has 0 bridgehead atoms. The fraction of sp³-hybridized carbons (Fsp3) is 0.839. The molecule has 0 unspecified atom stereocenters. The number of fused-ring (bicyclic) bond motifs is 2. The van der Waals surface area contributed by atoms with Crippen LogP contribution in [0.15, 0.2) is 24.3 Å². The minimum Gasteiger partial charge on any atom is -0.299 e. The van der Waals surface area contributed by atoms with Crippen molar-refractivity contribution in [2.75, 3.05) is 0 Å². The molecule has 5 aliphatic rings. The highest BCUT2D eigenvalue weighted by Gasteiger charge is 2.82. The second-order valence-electron chi connectivity index (χ2n) is 14.2. The smallest absolute Gasteiger partial charge is 0.138 e. The molecule has 2 spiro atoms. The fourth-order valence-corrected chi connectivity index (χ4v) is 10.6. The van der Waals surface area contributed by atoms with Gasteiger partial charge in [-0.1, -0.05) is 65.8 Å². The molecule has 0 aliphatic heterocycles. The fourth-order valence-electron chi connectivity index (χ4n) is 10.6. The molecule has 0 heterocycles. The third-order valence-electron chi connectivity index (χ3n) is 12.9. The zero-order chi connectivity index (χ0) is 23.3. The maximum absolute atomic E-state index is 12.8. The number of allylic oxidation sites excluding steroid dienone is 2. The van der Waals surface area contributed by atoms with Gasteiger partial charge in [0.25, 0.3) is 0 Å². The summed E-state index contributed by atoms with van der Waals surface area (Å²) in [5, 5.41) is 0. The minimum atomic E-state index is -0.0975. The molecule has 5 aliphatic carbocycles. The summed E-state index contributed by atoms with van der Waals surface area (Å²) in [6.45, 7) is 23.4. The first kappa shape index (κ1) is 22.9. The van der Waals surface area contributed by atoms with E-state index in [1.165, 1.54) is 62.5 Å². The monoisotopic (exact) mass is 436 g/mol. The quantitative estimate of drug-likeness (QED) is 0.394. The van der Waals surface area contributed by atoms with Crippen LogP contribution in [-0.4, -0.2) is 5.78 Å². The molecule has 0 saturated heterocycles. The summed E-state index contributed by atoms with van der Waals surface area (Å²) < 4.78 is 0. The molecule has 1 heteroatoms. The van der Waals surface area contributed by atoms with E-state index in [2.05, 4.69) is 54.7 Å². The van der Waals surface area contributed by atoms with Crippen LogP contribution >= 0.6 is 0 Å². The zero-order valence-electron chi connectivity index (χ0n) is 21.9. The molecule has 5 saturated carbocycles. The number of hydrogen-bond acceptors (Lipinski definition) is 1. The van der Waals surface area contributed by atoms with Gasteiger partial charge in [0, 0.05) is 11.8 Å². The van der Waals surface area contributed by atoms with Gasteiger partial charge in [-0.25, -0.2) is 0 Å². The first-order valence-corrected chi connectivity index (χ1v) is 13.7. The third kappa shape index (κ3) is 2.61. The predicted octanol–water partition coefficient (Wildman–Crippen LogP) is 8.54. The van der Waals surface area contributed by atoms with Gasteiger partial charge in [0.05, 0.1) is 0 Å². The van der Waals surface area contributed by atoms with E-state index in [0.717, 1.165) is 25.2 Å². The van der Waals surface area contributed by atoms with Gasteiger partial charge in [-0.2, -0.15) is 0 Å². The molecule has 1 nitrogen and oxygen atoms in total. The van der Waals surface area contributed by atoms with Crippen molar-refractivity contribution in [2.24, 2.45) is 50.7 Å². The van der Waals surface area contributed by atoms with Crippen LogP contribution in [0.4, 0.5) is 0 Å². The van der Waals surface area contributed by atoms with Crippen LogP contribution in [0.25, 0.3) is 0 Å². The van der Waals surface area contributed by atoms with Crippen molar-refractivity contribution in [1.82, 2.24) is 0 Å². The molecule has 7 atom stereocenters. The Kier molecular flexibility index (Phi) is 4.91. The third-order valence-corrected chi connectivity index (χ3v) is 12.9. The van der Waals surface area contributed by atoms with Crippen LogP contribution in [0.2, 0.25) is 0 Å². The van der Waals surface area contributed by atoms with Crippen molar-refractivity contribution in [2.45, 2.75) is 112 Å². The summed E-state index contributed by atoms with van der Waals surface area (Å²) in [5.74, 6) is 3.30. The van der Waals surface area contributed by atoms with E-state index in [1.807, 2.05) is 0 Å². The summed E-state index contributed by atoms with van der Waals surface area (Å²) in [5.41, 5.74) is 4.67. The summed E-state index contributed by atoms with van der Waals surface area (Å²) in [7, 11) is 0. The average Bonchev–Trinajstić information content (AvgIpc) is 3.31. The Hall–Kier alpha value is -0.850. The van der Waals surface area contributed by atoms with Crippen molar-refractivity contribution in [3.63, 3.8) is 0 Å². The standard InChI is InChI=1S/C31H48O/c1-20(2)21(3)9-10-22(4)23-13-15-29(8)25-12-11-24-27(5,6)26(32)14-16-30(24)19-31(25,30)18-17-28(23,29)7/h20,23-25H,3-4,9-19H2,1-2,5-8H3/t23-,24-,25+,28-,29+,30-,31+/m1/s1. The Morgan fingerprint density at radius 2 is 1.53 bits per heavy atom. The van der Waals surface area contributed by atoms with Crippen LogP contribution in [0.3, 0.4) is 0 Å². The Morgan fingerprint density at radius 1 is 0.875 bits per heavy atom. The lowest BCUT2D eigenvalue weighted by Crippen LogP contribution is -2.56. The van der Waals surface area contributed by atoms with Crippen molar-refractivity contribution < 1.29 is 4.79 Å². The van der Waals surface area contributed by atoms with Crippen LogP contribution in [-0.2, 0) is 4.79 Å². The van der Waals surface area contributed by atoms with Gasteiger partial charge in [-0.15, -0.1) is 0 Å². The van der Waals surface area contributed by atoms with E-state index in [-0.39, 0.29) is 5.41 Å². The molecule has 5 rings (SSSR count). The molecule has 0 amide bonds. The maximum Gasteiger partial charge on any atom is 0.138 e. The largest absolute Gasteiger partial charge is 0.299 e. The normalized spacial score (nSPS) is 48.5. The van der Waals surface area contributed by atoms with Gasteiger partial charge in [-0.05, 0) is 110 Å². The SMILES string of the molecule is C=C(CCC(=C)[C@H]1CC[C@@]2(C)[C@@H]3CC[C@@H]4C(C)(C)C(=O)CC[C@@]45C[C@@]35CC[C@]12C)C(C)C. The summed E-state index contributed by atoms with van der Waals surface area (Å²) >= 11 is 0. The molecule has 5 fully saturated rings. The Morgan fingerprint density at radius 3 is 2.22 bits per heavy atom. The van der Waals surface area contributed by atoms with Gasteiger partial charge >= 0.3 is 0 Å². The maximum atomic E-state index is 12.8. The summed E-state index contributed by atoms with van der Waals surface area (Å²) in [6, 6.07) is 0. The van der Waals surface area contributed by atoms with Gasteiger partial charge in [0.2, 0.25) is 0 Å². The molecular weight excluding hydrogens is 388 g/mol. The molecular formula is C31H48O. The van der Waals surface area contributed by atoms with Gasteiger partial charge < -0.3 is 0 Å². The van der Waals surface area contributed by atoms with Crippen LogP contribution in [0.1, 0.15) is 112 Å². The molecule has 178 valence electrons. The second kappa shape index (κ2) is 6.85. The Balaban J connectivity index is 1.40. The zero-order valence-corrected chi connectivity index (χ0v) is 21.9. The molecule has 0 aromatic rings. The number of hydrogen-bond donors (Lipinski definition) is 0. The van der Waals surface area contributed by atoms with E-state index >= 15 is 0 Å². The first-order valence-electron chi connectivity index (χ1n) is 13.7. The highest BCUT2D eigenvalue weighted by Crippen LogP contribution is 2.88. The molecule has 32 heavy (non-hydrogen) atoms. The highest BCUT2D eigenvalue weighted by atomic mass is 16.1. The summed E-state index contributed by atoms with van der Waals surface area (Å²) in [6.07, 6.45) is 13.9. The number of rotatable bonds is 5. The lowest BCUT2D eigenvalue weighted by Gasteiger charge is -2.62. The molecule has 0 aromatic heterocycles. The van der Waals surface area contributed by atoms with Crippen molar-refractivity contribution in [3.05, 3.63) is 24.3 Å². The first-order chi connectivity index (χ1) is 14.9. The minimum absolute atomic E-state index is 0.0975. The van der Waals surface area contributed by atoms with E-state index in [0.29, 0.717) is 45.2 Å². The topological polar surface area (TPSA) is 17.1 Å². The lowest BCUT2D eigenvalue weighted by molar-refractivity contribution is -0.154. The van der Waals surface area contributed by atoms with Gasteiger partial charge in [0.1, 0.15) is 5.78 Å². The van der Waals surface area contributed by atoms with E-state index in [9.17, 15) is 4.79 Å². The van der Waals surface area contributed by atoms with E-state index in [4.69, 9.17) is 0 Å². The number of Topliss-reactive ketones (excluding diaryl/α,β-unsaturated/α-hetero) is 1. The molecule has 0 N–H and O–H groups in total. The van der Waals surface area contributed by atoms with E-state index < -0.39 is 0 Å². The summed E-state index contributed by atoms with van der Waals surface area (Å²) in [4.78, 5) is 12.8. The Bertz CT molecular complexity index is 862. The van der Waals surface area contributed by atoms with Crippen molar-refractivity contribution in [3.8, 4) is 0 Å². The average molecular weight is 437 g/mol. The van der Waals surface area contributed by atoms with Crippen molar-refractivity contribution in [1.29, 1.82) is 0 Å². The van der Waals surface area contributed by atoms with Gasteiger partial charge in [-0.3, -0.25) is 4.79 Å². The van der Waals surface area contributed by atoms with Crippen LogP contribution < -0.4 is 0 Å². The van der Waals surface area contributed by atoms with E-state index in [1.54, 1.807) is 0 Å². The molecule has 0 radical (unpaired) electrons. The molecule has 0 aromatic carbocycles. The van der Waals surface area contributed by atoms with Crippen molar-refractivity contribution >= 4 is 5.78 Å². The lowest BCUT2D eigenvalue weighted by atomic mass is 9.42. The number of carbonyl (C=O) groups is 1. The van der Waals surface area contributed by atoms with Crippen LogP contribution in [0.5, 0.6) is 0 Å². The number of carbonyl (C=O) groups excluding carboxylic acids is 1. The van der Waals surface area contributed by atoms with Crippen LogP contribution in [0, 0.1) is 50.7 Å². The Labute approximate surface area is 197 Å². The number of ketones is 1. The van der Waals surface area contributed by atoms with Gasteiger partial charge in [0.15, 0.2) is 0 Å². The highest BCUT2D eigenvalue weighted by molar-refractivity contribution is 5.86. The predicted molar refractivity (Wildman–Crippen MR) is 134 cm³/mol. The second-order valence-corrected chi connectivity index (χ2v) is 14.2.